The molecule has 1 fully saturated rings. The lowest BCUT2D eigenvalue weighted by molar-refractivity contribution is 0.127. The van der Waals surface area contributed by atoms with Crippen LogP contribution in [-0.4, -0.2) is 13.7 Å². The van der Waals surface area contributed by atoms with Crippen molar-refractivity contribution in [2.45, 2.75) is 31.6 Å². The molecule has 0 radical (unpaired) electrons. The fourth-order valence-electron chi connectivity index (χ4n) is 2.85. The van der Waals surface area contributed by atoms with Crippen molar-refractivity contribution in [3.8, 4) is 0 Å². The summed E-state index contributed by atoms with van der Waals surface area (Å²) in [7, 11) is 1.78. The zero-order chi connectivity index (χ0) is 12.8. The molecule has 0 spiro atoms. The Labute approximate surface area is 109 Å². The van der Waals surface area contributed by atoms with Crippen molar-refractivity contribution in [2.75, 3.05) is 13.7 Å². The van der Waals surface area contributed by atoms with E-state index in [1.54, 1.807) is 7.11 Å². The van der Waals surface area contributed by atoms with Crippen molar-refractivity contribution in [3.63, 3.8) is 0 Å². The van der Waals surface area contributed by atoms with Gasteiger partial charge in [-0.3, -0.25) is 0 Å². The van der Waals surface area contributed by atoms with E-state index in [1.807, 2.05) is 12.1 Å². The van der Waals surface area contributed by atoms with Crippen LogP contribution in [0, 0.1) is 5.92 Å². The Morgan fingerprint density at radius 3 is 2.39 bits per heavy atom. The van der Waals surface area contributed by atoms with E-state index >= 15 is 0 Å². The first-order chi connectivity index (χ1) is 8.83. The van der Waals surface area contributed by atoms with E-state index in [0.717, 1.165) is 18.1 Å². The van der Waals surface area contributed by atoms with Crippen molar-refractivity contribution in [2.24, 2.45) is 5.92 Å². The predicted molar refractivity (Wildman–Crippen MR) is 73.2 cm³/mol. The largest absolute Gasteiger partial charge is 0.384 e. The van der Waals surface area contributed by atoms with Gasteiger partial charge < -0.3 is 4.74 Å². The third kappa shape index (κ3) is 3.42. The van der Waals surface area contributed by atoms with Gasteiger partial charge in [0.1, 0.15) is 0 Å². The monoisotopic (exact) mass is 248 g/mol. The van der Waals surface area contributed by atoms with Crippen LogP contribution in [0.15, 0.2) is 30.6 Å². The van der Waals surface area contributed by atoms with Crippen LogP contribution >= 0.6 is 0 Å². The summed E-state index contributed by atoms with van der Waals surface area (Å²) in [6, 6.07) is 8.26. The van der Waals surface area contributed by atoms with E-state index in [2.05, 4.69) is 12.1 Å². The molecule has 0 amide bonds. The second-order valence-corrected chi connectivity index (χ2v) is 5.13. The first-order valence-electron chi connectivity index (χ1n) is 6.69. The summed E-state index contributed by atoms with van der Waals surface area (Å²) in [5.41, 5.74) is 2.32. The Bertz CT molecular complexity index is 375. The van der Waals surface area contributed by atoms with Crippen LogP contribution in [0.4, 0.5) is 4.39 Å². The van der Waals surface area contributed by atoms with Crippen LogP contribution in [0.1, 0.15) is 42.7 Å². The normalized spacial score (nSPS) is 24.6. The van der Waals surface area contributed by atoms with Crippen molar-refractivity contribution in [1.29, 1.82) is 0 Å². The summed E-state index contributed by atoms with van der Waals surface area (Å²) >= 11 is 0. The number of benzene rings is 1. The molecule has 0 unspecified atom stereocenters. The number of halogens is 1. The minimum Gasteiger partial charge on any atom is -0.384 e. The third-order valence-corrected chi connectivity index (χ3v) is 3.91. The SMILES string of the molecule is COCC1CCC(c2ccc(/C=C/F)cc2)CC1. The lowest BCUT2D eigenvalue weighted by atomic mass is 9.79. The van der Waals surface area contributed by atoms with Crippen LogP contribution in [0.3, 0.4) is 0 Å². The van der Waals surface area contributed by atoms with Gasteiger partial charge in [-0.15, -0.1) is 0 Å². The number of ether oxygens (including phenoxy) is 1. The number of rotatable bonds is 4. The molecule has 18 heavy (non-hydrogen) atoms. The average Bonchev–Trinajstić information content (AvgIpc) is 2.41. The maximum Gasteiger partial charge on any atom is 0.0872 e. The molecule has 0 bridgehead atoms. The van der Waals surface area contributed by atoms with E-state index in [9.17, 15) is 4.39 Å². The van der Waals surface area contributed by atoms with Crippen molar-refractivity contribution >= 4 is 6.08 Å². The molecule has 0 aliphatic heterocycles. The van der Waals surface area contributed by atoms with Crippen molar-refractivity contribution in [3.05, 3.63) is 41.7 Å². The Kier molecular flexibility index (Phi) is 4.94. The maximum absolute atomic E-state index is 12.1. The van der Waals surface area contributed by atoms with Crippen molar-refractivity contribution in [1.82, 2.24) is 0 Å². The fraction of sp³-hybridized carbons (Fsp3) is 0.500. The standard InChI is InChI=1S/C16H21FO/c1-18-12-14-4-8-16(9-5-14)15-6-2-13(3-7-15)10-11-17/h2-3,6-7,10-11,14,16H,4-5,8-9,12H2,1H3/b11-10+. The highest BCUT2D eigenvalue weighted by atomic mass is 19.1. The van der Waals surface area contributed by atoms with Crippen LogP contribution in [0.5, 0.6) is 0 Å². The van der Waals surface area contributed by atoms with Gasteiger partial charge >= 0.3 is 0 Å². The van der Waals surface area contributed by atoms with Gasteiger partial charge in [0.15, 0.2) is 0 Å². The summed E-state index contributed by atoms with van der Waals surface area (Å²) < 4.78 is 17.3. The van der Waals surface area contributed by atoms with Gasteiger partial charge in [0.2, 0.25) is 0 Å². The average molecular weight is 248 g/mol. The number of hydrogen-bond acceptors (Lipinski definition) is 1. The molecule has 0 atom stereocenters. The number of hydrogen-bond donors (Lipinski definition) is 0. The molecule has 1 aliphatic rings. The predicted octanol–water partition coefficient (Wildman–Crippen LogP) is 4.55. The Morgan fingerprint density at radius 1 is 1.17 bits per heavy atom. The minimum absolute atomic E-state index is 0.588. The molecule has 0 saturated heterocycles. The molecule has 1 nitrogen and oxygen atoms in total. The number of methoxy groups -OCH3 is 1. The molecule has 2 rings (SSSR count). The first kappa shape index (κ1) is 13.3. The van der Waals surface area contributed by atoms with E-state index in [1.165, 1.54) is 37.3 Å². The molecule has 0 heterocycles. The van der Waals surface area contributed by atoms with Crippen LogP contribution in [0.2, 0.25) is 0 Å². The van der Waals surface area contributed by atoms with E-state index in [0.29, 0.717) is 12.2 Å². The molecule has 1 saturated carbocycles. The van der Waals surface area contributed by atoms with E-state index in [-0.39, 0.29) is 0 Å². The smallest absolute Gasteiger partial charge is 0.0872 e. The highest BCUT2D eigenvalue weighted by Gasteiger charge is 2.21. The van der Waals surface area contributed by atoms with Crippen LogP contribution < -0.4 is 0 Å². The lowest BCUT2D eigenvalue weighted by Crippen LogP contribution is -2.17. The molecule has 1 aromatic carbocycles. The minimum atomic E-state index is 0.588. The summed E-state index contributed by atoms with van der Waals surface area (Å²) in [6.45, 7) is 0.896. The van der Waals surface area contributed by atoms with Gasteiger partial charge in [0.05, 0.1) is 6.33 Å². The first-order valence-corrected chi connectivity index (χ1v) is 6.69. The molecular formula is C16H21FO. The molecule has 1 aromatic rings. The molecule has 1 aliphatic carbocycles. The Hall–Kier alpha value is -1.15. The third-order valence-electron chi connectivity index (χ3n) is 3.91. The summed E-state index contributed by atoms with van der Waals surface area (Å²) in [5, 5.41) is 0. The topological polar surface area (TPSA) is 9.23 Å². The summed E-state index contributed by atoms with van der Waals surface area (Å²) in [6.07, 6.45) is 7.07. The highest BCUT2D eigenvalue weighted by molar-refractivity contribution is 5.48. The molecule has 2 heteroatoms. The van der Waals surface area contributed by atoms with Gasteiger partial charge in [-0.2, -0.15) is 0 Å². The van der Waals surface area contributed by atoms with Gasteiger partial charge in [-0.05, 0) is 54.7 Å². The second-order valence-electron chi connectivity index (χ2n) is 5.13. The van der Waals surface area contributed by atoms with Crippen molar-refractivity contribution < 1.29 is 9.13 Å². The summed E-state index contributed by atoms with van der Waals surface area (Å²) in [4.78, 5) is 0. The second kappa shape index (κ2) is 6.69. The fourth-order valence-corrected chi connectivity index (χ4v) is 2.85. The van der Waals surface area contributed by atoms with Gasteiger partial charge in [0, 0.05) is 13.7 Å². The Morgan fingerprint density at radius 2 is 1.83 bits per heavy atom. The molecule has 0 aromatic heterocycles. The molecular weight excluding hydrogens is 227 g/mol. The summed E-state index contributed by atoms with van der Waals surface area (Å²) in [5.74, 6) is 1.40. The van der Waals surface area contributed by atoms with Crippen LogP contribution in [-0.2, 0) is 4.74 Å². The van der Waals surface area contributed by atoms with Crippen LogP contribution in [0.25, 0.3) is 6.08 Å². The van der Waals surface area contributed by atoms with Gasteiger partial charge in [-0.25, -0.2) is 4.39 Å². The zero-order valence-electron chi connectivity index (χ0n) is 10.9. The molecule has 98 valence electrons. The van der Waals surface area contributed by atoms with E-state index in [4.69, 9.17) is 4.74 Å². The molecule has 0 N–H and O–H groups in total. The Balaban J connectivity index is 1.93. The van der Waals surface area contributed by atoms with Gasteiger partial charge in [0.25, 0.3) is 0 Å². The highest BCUT2D eigenvalue weighted by Crippen LogP contribution is 2.35. The van der Waals surface area contributed by atoms with Gasteiger partial charge in [-0.1, -0.05) is 24.3 Å². The zero-order valence-corrected chi connectivity index (χ0v) is 10.9. The quantitative estimate of drug-likeness (QED) is 0.759. The van der Waals surface area contributed by atoms with E-state index < -0.39 is 0 Å². The maximum atomic E-state index is 12.1. The lowest BCUT2D eigenvalue weighted by Gasteiger charge is -2.28.